The molecule has 112 valence electrons. The Morgan fingerprint density at radius 3 is 2.70 bits per heavy atom. The zero-order valence-corrected chi connectivity index (χ0v) is 12.6. The molecule has 1 fully saturated rings. The number of nitrogens with one attached hydrogen (secondary N) is 1. The Labute approximate surface area is 121 Å². The summed E-state index contributed by atoms with van der Waals surface area (Å²) in [6.07, 6.45) is 4.24. The van der Waals surface area contributed by atoms with Crippen molar-refractivity contribution >= 4 is 0 Å². The van der Waals surface area contributed by atoms with Gasteiger partial charge in [0.15, 0.2) is 0 Å². The summed E-state index contributed by atoms with van der Waals surface area (Å²) < 4.78 is 10.6. The summed E-state index contributed by atoms with van der Waals surface area (Å²) in [5.41, 5.74) is -0.152. The quantitative estimate of drug-likeness (QED) is 0.869. The van der Waals surface area contributed by atoms with Crippen molar-refractivity contribution in [3.8, 4) is 11.5 Å². The molecule has 1 heterocycles. The van der Waals surface area contributed by atoms with Crippen molar-refractivity contribution in [2.75, 3.05) is 20.8 Å². The monoisotopic (exact) mass is 279 g/mol. The second kappa shape index (κ2) is 6.46. The van der Waals surface area contributed by atoms with Gasteiger partial charge in [0.1, 0.15) is 11.5 Å². The van der Waals surface area contributed by atoms with Gasteiger partial charge in [-0.2, -0.15) is 0 Å². The van der Waals surface area contributed by atoms with Crippen LogP contribution in [0.5, 0.6) is 11.5 Å². The highest BCUT2D eigenvalue weighted by Gasteiger charge is 2.31. The van der Waals surface area contributed by atoms with Crippen LogP contribution >= 0.6 is 0 Å². The van der Waals surface area contributed by atoms with E-state index >= 15 is 0 Å². The van der Waals surface area contributed by atoms with Crippen LogP contribution in [0.1, 0.15) is 38.2 Å². The van der Waals surface area contributed by atoms with Crippen LogP contribution in [0, 0.1) is 0 Å². The second-order valence-corrected chi connectivity index (χ2v) is 5.69. The van der Waals surface area contributed by atoms with E-state index < -0.39 is 5.60 Å². The first-order valence-corrected chi connectivity index (χ1v) is 7.25. The zero-order chi connectivity index (χ0) is 14.6. The molecule has 0 aliphatic carbocycles. The van der Waals surface area contributed by atoms with Crippen LogP contribution in [-0.2, 0) is 5.60 Å². The average Bonchev–Trinajstić information content (AvgIpc) is 2.47. The first-order chi connectivity index (χ1) is 9.56. The maximum atomic E-state index is 10.9. The van der Waals surface area contributed by atoms with Crippen LogP contribution in [0.4, 0.5) is 0 Å². The molecule has 1 aliphatic rings. The molecule has 20 heavy (non-hydrogen) atoms. The molecule has 1 aromatic carbocycles. The van der Waals surface area contributed by atoms with Crippen LogP contribution in [0.15, 0.2) is 18.2 Å². The molecule has 4 heteroatoms. The first kappa shape index (κ1) is 15.1. The summed E-state index contributed by atoms with van der Waals surface area (Å²) in [4.78, 5) is 0. The van der Waals surface area contributed by atoms with E-state index in [0.717, 1.165) is 24.3 Å². The van der Waals surface area contributed by atoms with Crippen molar-refractivity contribution in [2.45, 2.75) is 44.2 Å². The number of methoxy groups -OCH3 is 2. The number of hydrogen-bond acceptors (Lipinski definition) is 4. The molecule has 2 N–H and O–H groups in total. The molecule has 0 bridgehead atoms. The number of rotatable bonds is 5. The highest BCUT2D eigenvalue weighted by atomic mass is 16.5. The first-order valence-electron chi connectivity index (χ1n) is 7.25. The average molecular weight is 279 g/mol. The topological polar surface area (TPSA) is 50.7 Å². The minimum absolute atomic E-state index is 0.356. The maximum Gasteiger partial charge on any atom is 0.125 e. The van der Waals surface area contributed by atoms with Gasteiger partial charge in [-0.15, -0.1) is 0 Å². The standard InChI is InChI=1S/C16H25NO3/c1-16(18,11-12-6-4-5-9-17-12)14-10-13(19-2)7-8-15(14)20-3/h7-8,10,12,17-18H,4-6,9,11H2,1-3H3. The number of piperidine rings is 1. The Morgan fingerprint density at radius 1 is 1.30 bits per heavy atom. The summed E-state index contributed by atoms with van der Waals surface area (Å²) in [7, 11) is 3.25. The molecule has 4 nitrogen and oxygen atoms in total. The third kappa shape index (κ3) is 3.44. The minimum Gasteiger partial charge on any atom is -0.497 e. The molecular weight excluding hydrogens is 254 g/mol. The van der Waals surface area contributed by atoms with E-state index in [9.17, 15) is 5.11 Å². The van der Waals surface area contributed by atoms with Gasteiger partial charge < -0.3 is 19.9 Å². The lowest BCUT2D eigenvalue weighted by molar-refractivity contribution is 0.0308. The number of hydrogen-bond donors (Lipinski definition) is 2. The van der Waals surface area contributed by atoms with Gasteiger partial charge in [0.25, 0.3) is 0 Å². The molecule has 2 rings (SSSR count). The third-order valence-electron chi connectivity index (χ3n) is 4.04. The van der Waals surface area contributed by atoms with E-state index in [0.29, 0.717) is 18.2 Å². The highest BCUT2D eigenvalue weighted by molar-refractivity contribution is 5.43. The molecule has 2 atom stereocenters. The van der Waals surface area contributed by atoms with Crippen molar-refractivity contribution in [2.24, 2.45) is 0 Å². The molecule has 1 aliphatic heterocycles. The lowest BCUT2D eigenvalue weighted by Gasteiger charge is -2.32. The maximum absolute atomic E-state index is 10.9. The summed E-state index contributed by atoms with van der Waals surface area (Å²) in [6, 6.07) is 5.91. The van der Waals surface area contributed by atoms with E-state index in [1.165, 1.54) is 12.8 Å². The van der Waals surface area contributed by atoms with Gasteiger partial charge in [0.05, 0.1) is 19.8 Å². The summed E-state index contributed by atoms with van der Waals surface area (Å²) in [6.45, 7) is 2.89. The van der Waals surface area contributed by atoms with Crippen molar-refractivity contribution in [3.05, 3.63) is 23.8 Å². The van der Waals surface area contributed by atoms with Crippen molar-refractivity contribution < 1.29 is 14.6 Å². The molecule has 0 radical (unpaired) electrons. The Morgan fingerprint density at radius 2 is 2.10 bits per heavy atom. The van der Waals surface area contributed by atoms with Gasteiger partial charge in [-0.25, -0.2) is 0 Å². The highest BCUT2D eigenvalue weighted by Crippen LogP contribution is 2.36. The second-order valence-electron chi connectivity index (χ2n) is 5.69. The van der Waals surface area contributed by atoms with Gasteiger partial charge in [0, 0.05) is 11.6 Å². The van der Waals surface area contributed by atoms with E-state index in [2.05, 4.69) is 5.32 Å². The SMILES string of the molecule is COc1ccc(OC)c(C(C)(O)CC2CCCCN2)c1. The predicted molar refractivity (Wildman–Crippen MR) is 79.4 cm³/mol. The van der Waals surface area contributed by atoms with Gasteiger partial charge >= 0.3 is 0 Å². The molecule has 1 aromatic rings. The molecule has 0 saturated carbocycles. The largest absolute Gasteiger partial charge is 0.497 e. The van der Waals surface area contributed by atoms with Gasteiger partial charge in [-0.1, -0.05) is 6.42 Å². The number of aliphatic hydroxyl groups is 1. The fourth-order valence-corrected chi connectivity index (χ4v) is 2.92. The van der Waals surface area contributed by atoms with Gasteiger partial charge in [-0.3, -0.25) is 0 Å². The van der Waals surface area contributed by atoms with Gasteiger partial charge in [-0.05, 0) is 50.9 Å². The lowest BCUT2D eigenvalue weighted by atomic mass is 9.85. The minimum atomic E-state index is -0.936. The Hall–Kier alpha value is -1.26. The zero-order valence-electron chi connectivity index (χ0n) is 12.6. The fraction of sp³-hybridized carbons (Fsp3) is 0.625. The van der Waals surface area contributed by atoms with Gasteiger partial charge in [0.2, 0.25) is 0 Å². The third-order valence-corrected chi connectivity index (χ3v) is 4.04. The number of ether oxygens (including phenoxy) is 2. The fourth-order valence-electron chi connectivity index (χ4n) is 2.92. The summed E-state index contributed by atoms with van der Waals surface area (Å²) in [5, 5.41) is 14.4. The van der Waals surface area contributed by atoms with Crippen LogP contribution in [0.25, 0.3) is 0 Å². The molecular formula is C16H25NO3. The van der Waals surface area contributed by atoms with E-state index in [-0.39, 0.29) is 0 Å². The van der Waals surface area contributed by atoms with E-state index in [1.807, 2.05) is 25.1 Å². The molecule has 1 saturated heterocycles. The van der Waals surface area contributed by atoms with Crippen LogP contribution in [-0.4, -0.2) is 31.9 Å². The van der Waals surface area contributed by atoms with Crippen molar-refractivity contribution in [1.82, 2.24) is 5.32 Å². The predicted octanol–water partition coefficient (Wildman–Crippen LogP) is 2.44. The molecule has 0 spiro atoms. The van der Waals surface area contributed by atoms with Crippen LogP contribution in [0.2, 0.25) is 0 Å². The van der Waals surface area contributed by atoms with E-state index in [1.54, 1.807) is 14.2 Å². The van der Waals surface area contributed by atoms with Crippen LogP contribution in [0.3, 0.4) is 0 Å². The molecule has 0 amide bonds. The van der Waals surface area contributed by atoms with Crippen molar-refractivity contribution in [3.63, 3.8) is 0 Å². The van der Waals surface area contributed by atoms with E-state index in [4.69, 9.17) is 9.47 Å². The lowest BCUT2D eigenvalue weighted by Crippen LogP contribution is -2.39. The molecule has 2 unspecified atom stereocenters. The van der Waals surface area contributed by atoms with Crippen LogP contribution < -0.4 is 14.8 Å². The Bertz CT molecular complexity index is 439. The van der Waals surface area contributed by atoms with Crippen molar-refractivity contribution in [1.29, 1.82) is 0 Å². The summed E-state index contributed by atoms with van der Waals surface area (Å²) >= 11 is 0. The summed E-state index contributed by atoms with van der Waals surface area (Å²) in [5.74, 6) is 1.43. The molecule has 0 aromatic heterocycles. The normalized spacial score (nSPS) is 22.1. The Balaban J connectivity index is 2.22. The Kier molecular flexibility index (Phi) is 4.89. The number of benzene rings is 1. The smallest absolute Gasteiger partial charge is 0.125 e.